The standard InChI is InChI=1S/C12H23NO2/c1-3-4-5-6-10(2)7-11(9-13)8-12(14)15/h4-5,10-11H,3,6-9,13H2,1-2H3,(H,14,15)/b5-4-/t10-,11+/m1/s1. The van der Waals surface area contributed by atoms with E-state index in [0.29, 0.717) is 12.5 Å². The van der Waals surface area contributed by atoms with Crippen LogP contribution in [0, 0.1) is 11.8 Å². The lowest BCUT2D eigenvalue weighted by atomic mass is 9.91. The Morgan fingerprint density at radius 3 is 2.60 bits per heavy atom. The number of hydrogen-bond acceptors (Lipinski definition) is 2. The van der Waals surface area contributed by atoms with Crippen molar-refractivity contribution in [1.82, 2.24) is 0 Å². The minimum absolute atomic E-state index is 0.118. The predicted octanol–water partition coefficient (Wildman–Crippen LogP) is 2.42. The van der Waals surface area contributed by atoms with Crippen LogP contribution in [-0.4, -0.2) is 17.6 Å². The van der Waals surface area contributed by atoms with Gasteiger partial charge in [0, 0.05) is 6.42 Å². The van der Waals surface area contributed by atoms with Gasteiger partial charge in [0.05, 0.1) is 0 Å². The molecule has 0 radical (unpaired) electrons. The Morgan fingerprint density at radius 1 is 1.47 bits per heavy atom. The molecule has 0 unspecified atom stereocenters. The van der Waals surface area contributed by atoms with Crippen molar-refractivity contribution in [3.8, 4) is 0 Å². The highest BCUT2D eigenvalue weighted by Crippen LogP contribution is 2.18. The van der Waals surface area contributed by atoms with Crippen molar-refractivity contribution in [3.63, 3.8) is 0 Å². The summed E-state index contributed by atoms with van der Waals surface area (Å²) in [6.07, 6.45) is 7.48. The van der Waals surface area contributed by atoms with E-state index in [4.69, 9.17) is 10.8 Å². The Hall–Kier alpha value is -0.830. The number of allylic oxidation sites excluding steroid dienone is 2. The summed E-state index contributed by atoms with van der Waals surface area (Å²) in [6.45, 7) is 4.72. The molecule has 2 atom stereocenters. The molecule has 15 heavy (non-hydrogen) atoms. The van der Waals surface area contributed by atoms with E-state index >= 15 is 0 Å². The summed E-state index contributed by atoms with van der Waals surface area (Å²) in [5.41, 5.74) is 5.54. The molecule has 0 aromatic rings. The number of rotatable bonds is 8. The van der Waals surface area contributed by atoms with Gasteiger partial charge in [0.2, 0.25) is 0 Å². The maximum atomic E-state index is 10.5. The molecule has 0 saturated heterocycles. The Kier molecular flexibility index (Phi) is 8.01. The maximum Gasteiger partial charge on any atom is 0.303 e. The van der Waals surface area contributed by atoms with Crippen LogP contribution in [0.15, 0.2) is 12.2 Å². The van der Waals surface area contributed by atoms with Crippen molar-refractivity contribution in [1.29, 1.82) is 0 Å². The third kappa shape index (κ3) is 8.18. The van der Waals surface area contributed by atoms with Gasteiger partial charge in [0.1, 0.15) is 0 Å². The van der Waals surface area contributed by atoms with Crippen molar-refractivity contribution in [2.24, 2.45) is 17.6 Å². The highest BCUT2D eigenvalue weighted by molar-refractivity contribution is 5.67. The molecule has 0 rings (SSSR count). The van der Waals surface area contributed by atoms with Crippen LogP contribution in [0.4, 0.5) is 0 Å². The minimum Gasteiger partial charge on any atom is -0.481 e. The van der Waals surface area contributed by atoms with Gasteiger partial charge in [0.25, 0.3) is 0 Å². The van der Waals surface area contributed by atoms with Crippen molar-refractivity contribution in [2.75, 3.05) is 6.54 Å². The first kappa shape index (κ1) is 14.2. The monoisotopic (exact) mass is 213 g/mol. The predicted molar refractivity (Wildman–Crippen MR) is 62.6 cm³/mol. The van der Waals surface area contributed by atoms with Gasteiger partial charge in [-0.2, -0.15) is 0 Å². The van der Waals surface area contributed by atoms with Gasteiger partial charge in [-0.1, -0.05) is 26.0 Å². The third-order valence-electron chi connectivity index (χ3n) is 2.47. The molecule has 0 aliphatic rings. The normalized spacial score (nSPS) is 15.4. The second kappa shape index (κ2) is 8.48. The summed E-state index contributed by atoms with van der Waals surface area (Å²) in [7, 11) is 0. The second-order valence-corrected chi connectivity index (χ2v) is 4.16. The quantitative estimate of drug-likeness (QED) is 0.609. The lowest BCUT2D eigenvalue weighted by Crippen LogP contribution is -2.20. The van der Waals surface area contributed by atoms with Crippen molar-refractivity contribution in [2.45, 2.75) is 39.5 Å². The first-order valence-corrected chi connectivity index (χ1v) is 5.67. The second-order valence-electron chi connectivity index (χ2n) is 4.16. The van der Waals surface area contributed by atoms with Gasteiger partial charge in [-0.25, -0.2) is 0 Å². The Bertz CT molecular complexity index is 202. The van der Waals surface area contributed by atoms with Gasteiger partial charge >= 0.3 is 5.97 Å². The molecule has 0 amide bonds. The van der Waals surface area contributed by atoms with E-state index in [-0.39, 0.29) is 12.3 Å². The van der Waals surface area contributed by atoms with E-state index in [9.17, 15) is 4.79 Å². The minimum atomic E-state index is -0.748. The summed E-state index contributed by atoms with van der Waals surface area (Å²) >= 11 is 0. The number of aliphatic carboxylic acids is 1. The summed E-state index contributed by atoms with van der Waals surface area (Å²) in [4.78, 5) is 10.5. The molecule has 0 heterocycles. The number of nitrogens with two attached hydrogens (primary N) is 1. The fraction of sp³-hybridized carbons (Fsp3) is 0.750. The maximum absolute atomic E-state index is 10.5. The molecule has 3 nitrogen and oxygen atoms in total. The van der Waals surface area contributed by atoms with Crippen LogP contribution >= 0.6 is 0 Å². The topological polar surface area (TPSA) is 63.3 Å². The summed E-state index contributed by atoms with van der Waals surface area (Å²) in [5, 5.41) is 8.67. The van der Waals surface area contributed by atoms with Crippen molar-refractivity contribution in [3.05, 3.63) is 12.2 Å². The molecule has 3 N–H and O–H groups in total. The fourth-order valence-electron chi connectivity index (χ4n) is 1.67. The van der Waals surface area contributed by atoms with Gasteiger partial charge in [-0.05, 0) is 37.6 Å². The molecule has 0 aliphatic carbocycles. The zero-order valence-corrected chi connectivity index (χ0v) is 9.78. The van der Waals surface area contributed by atoms with Gasteiger partial charge in [0.15, 0.2) is 0 Å². The Balaban J connectivity index is 3.84. The van der Waals surface area contributed by atoms with E-state index in [1.54, 1.807) is 0 Å². The smallest absolute Gasteiger partial charge is 0.303 e. The van der Waals surface area contributed by atoms with Crippen LogP contribution in [-0.2, 0) is 4.79 Å². The molecule has 0 aliphatic heterocycles. The van der Waals surface area contributed by atoms with E-state index in [1.807, 2.05) is 0 Å². The lowest BCUT2D eigenvalue weighted by molar-refractivity contribution is -0.138. The van der Waals surface area contributed by atoms with Crippen LogP contribution in [0.5, 0.6) is 0 Å². The largest absolute Gasteiger partial charge is 0.481 e. The summed E-state index contributed by atoms with van der Waals surface area (Å²) in [6, 6.07) is 0. The van der Waals surface area contributed by atoms with Gasteiger partial charge in [-0.15, -0.1) is 0 Å². The zero-order valence-electron chi connectivity index (χ0n) is 9.78. The van der Waals surface area contributed by atoms with E-state index in [2.05, 4.69) is 26.0 Å². The van der Waals surface area contributed by atoms with Crippen LogP contribution in [0.3, 0.4) is 0 Å². The molecule has 0 aromatic carbocycles. The summed E-state index contributed by atoms with van der Waals surface area (Å²) < 4.78 is 0. The highest BCUT2D eigenvalue weighted by Gasteiger charge is 2.14. The van der Waals surface area contributed by atoms with Crippen molar-refractivity contribution < 1.29 is 9.90 Å². The zero-order chi connectivity index (χ0) is 11.7. The van der Waals surface area contributed by atoms with E-state index < -0.39 is 5.97 Å². The highest BCUT2D eigenvalue weighted by atomic mass is 16.4. The molecule has 0 saturated carbocycles. The van der Waals surface area contributed by atoms with E-state index in [1.165, 1.54) is 0 Å². The van der Waals surface area contributed by atoms with Crippen LogP contribution in [0.1, 0.15) is 39.5 Å². The van der Waals surface area contributed by atoms with Crippen LogP contribution in [0.25, 0.3) is 0 Å². The number of carboxylic acids is 1. The van der Waals surface area contributed by atoms with Crippen LogP contribution in [0.2, 0.25) is 0 Å². The fourth-order valence-corrected chi connectivity index (χ4v) is 1.67. The van der Waals surface area contributed by atoms with Gasteiger partial charge < -0.3 is 10.8 Å². The number of carboxylic acid groups (broad SMARTS) is 1. The first-order valence-electron chi connectivity index (χ1n) is 5.67. The molecular weight excluding hydrogens is 190 g/mol. The molecule has 88 valence electrons. The summed E-state index contributed by atoms with van der Waals surface area (Å²) in [5.74, 6) is -0.116. The molecule has 0 aromatic heterocycles. The molecule has 0 fully saturated rings. The molecule has 0 bridgehead atoms. The lowest BCUT2D eigenvalue weighted by Gasteiger charge is -2.16. The van der Waals surface area contributed by atoms with Crippen molar-refractivity contribution >= 4 is 5.97 Å². The third-order valence-corrected chi connectivity index (χ3v) is 2.47. The molecular formula is C12H23NO2. The SMILES string of the molecule is CC/C=C\C[C@@H](C)C[C@H](CN)CC(=O)O. The number of carbonyl (C=O) groups is 1. The molecule has 0 spiro atoms. The Morgan fingerprint density at radius 2 is 2.13 bits per heavy atom. The van der Waals surface area contributed by atoms with Crippen LogP contribution < -0.4 is 5.73 Å². The first-order chi connectivity index (χ1) is 7.10. The van der Waals surface area contributed by atoms with Gasteiger partial charge in [-0.3, -0.25) is 4.79 Å². The number of hydrogen-bond donors (Lipinski definition) is 2. The average molecular weight is 213 g/mol. The Labute approximate surface area is 92.4 Å². The molecule has 3 heteroatoms. The van der Waals surface area contributed by atoms with E-state index in [0.717, 1.165) is 19.3 Å². The average Bonchev–Trinajstić information content (AvgIpc) is 2.16.